The Balaban J connectivity index is 2.23. The first-order valence-electron chi connectivity index (χ1n) is 12.7. The van der Waals surface area contributed by atoms with Gasteiger partial charge >= 0.3 is 30.7 Å². The molecule has 0 unspecified atom stereocenters. The average molecular weight is 631 g/mol. The summed E-state index contributed by atoms with van der Waals surface area (Å²) >= 11 is 0. The Morgan fingerprint density at radius 3 is 1.95 bits per heavy atom. The minimum atomic E-state index is -5.19. The van der Waals surface area contributed by atoms with Gasteiger partial charge in [0.1, 0.15) is 0 Å². The SMILES string of the molecule is CCCOC(=O)N1c2ccc(C(F)(F)F)cc2[C@@H](N(Cc2cc(C(F)(F)F)cc(C(F)(F)F)c2)C(=O)OC)C[C@H]1COC. The van der Waals surface area contributed by atoms with Gasteiger partial charge in [-0.1, -0.05) is 6.92 Å². The predicted octanol–water partition coefficient (Wildman–Crippen LogP) is 7.82. The molecule has 0 saturated carbocycles. The highest BCUT2D eigenvalue weighted by molar-refractivity contribution is 5.90. The van der Waals surface area contributed by atoms with E-state index in [1.165, 1.54) is 7.11 Å². The molecule has 16 heteroatoms. The predicted molar refractivity (Wildman–Crippen MR) is 133 cm³/mol. The van der Waals surface area contributed by atoms with Crippen molar-refractivity contribution in [1.29, 1.82) is 0 Å². The van der Waals surface area contributed by atoms with Crippen LogP contribution in [0.1, 0.15) is 53.6 Å². The molecule has 2 atom stereocenters. The number of hydrogen-bond acceptors (Lipinski definition) is 5. The van der Waals surface area contributed by atoms with Crippen LogP contribution in [0.15, 0.2) is 36.4 Å². The molecule has 0 N–H and O–H groups in total. The van der Waals surface area contributed by atoms with Crippen molar-refractivity contribution in [2.24, 2.45) is 0 Å². The van der Waals surface area contributed by atoms with E-state index < -0.39 is 71.6 Å². The molecule has 0 saturated heterocycles. The Morgan fingerprint density at radius 1 is 0.884 bits per heavy atom. The third-order valence-electron chi connectivity index (χ3n) is 6.61. The lowest BCUT2D eigenvalue weighted by Gasteiger charge is -2.43. The van der Waals surface area contributed by atoms with Gasteiger partial charge in [-0.05, 0) is 60.4 Å². The number of nitrogens with zero attached hydrogens (tertiary/aromatic N) is 2. The van der Waals surface area contributed by atoms with E-state index in [1.54, 1.807) is 6.92 Å². The number of fused-ring (bicyclic) bond motifs is 1. The summed E-state index contributed by atoms with van der Waals surface area (Å²) in [5.74, 6) is 0. The fourth-order valence-corrected chi connectivity index (χ4v) is 4.77. The van der Waals surface area contributed by atoms with Gasteiger partial charge < -0.3 is 14.2 Å². The van der Waals surface area contributed by atoms with Crippen molar-refractivity contribution >= 4 is 17.9 Å². The van der Waals surface area contributed by atoms with E-state index in [0.717, 1.165) is 18.1 Å². The van der Waals surface area contributed by atoms with Crippen LogP contribution in [0.5, 0.6) is 0 Å². The number of methoxy groups -OCH3 is 2. The molecule has 3 rings (SSSR count). The number of benzene rings is 2. The Hall–Kier alpha value is -3.69. The van der Waals surface area contributed by atoms with Gasteiger partial charge in [0.25, 0.3) is 0 Å². The zero-order valence-corrected chi connectivity index (χ0v) is 23.0. The van der Waals surface area contributed by atoms with Crippen LogP contribution in [0.2, 0.25) is 0 Å². The first kappa shape index (κ1) is 33.8. The topological polar surface area (TPSA) is 68.3 Å². The van der Waals surface area contributed by atoms with E-state index in [2.05, 4.69) is 0 Å². The number of amides is 2. The summed E-state index contributed by atoms with van der Waals surface area (Å²) < 4.78 is 137. The molecule has 238 valence electrons. The molecule has 0 spiro atoms. The molecule has 2 aromatic carbocycles. The van der Waals surface area contributed by atoms with E-state index in [-0.39, 0.29) is 37.0 Å². The van der Waals surface area contributed by atoms with Gasteiger partial charge in [-0.15, -0.1) is 0 Å². The summed E-state index contributed by atoms with van der Waals surface area (Å²) in [5.41, 5.74) is -5.47. The number of hydrogen-bond donors (Lipinski definition) is 0. The number of carbonyl (C=O) groups excluding carboxylic acids is 2. The summed E-state index contributed by atoms with van der Waals surface area (Å²) in [5, 5.41) is 0. The molecule has 43 heavy (non-hydrogen) atoms. The van der Waals surface area contributed by atoms with Crippen molar-refractivity contribution in [1.82, 2.24) is 4.90 Å². The van der Waals surface area contributed by atoms with Crippen LogP contribution >= 0.6 is 0 Å². The van der Waals surface area contributed by atoms with Crippen molar-refractivity contribution in [3.63, 3.8) is 0 Å². The smallest absolute Gasteiger partial charge is 0.416 e. The number of alkyl halides is 9. The molecule has 1 aliphatic rings. The number of ether oxygens (including phenoxy) is 3. The normalized spacial score (nSPS) is 17.3. The zero-order valence-electron chi connectivity index (χ0n) is 23.0. The van der Waals surface area contributed by atoms with E-state index in [4.69, 9.17) is 14.2 Å². The molecule has 0 aromatic heterocycles. The highest BCUT2D eigenvalue weighted by Gasteiger charge is 2.44. The third-order valence-corrected chi connectivity index (χ3v) is 6.61. The summed E-state index contributed by atoms with van der Waals surface area (Å²) in [7, 11) is 2.16. The fourth-order valence-electron chi connectivity index (χ4n) is 4.77. The Kier molecular flexibility index (Phi) is 10.1. The van der Waals surface area contributed by atoms with Gasteiger partial charge in [-0.2, -0.15) is 39.5 Å². The highest BCUT2D eigenvalue weighted by atomic mass is 19.4. The van der Waals surface area contributed by atoms with Crippen molar-refractivity contribution in [2.75, 3.05) is 32.3 Å². The van der Waals surface area contributed by atoms with Gasteiger partial charge in [0, 0.05) is 13.7 Å². The van der Waals surface area contributed by atoms with E-state index in [0.29, 0.717) is 35.6 Å². The number of halogens is 9. The summed E-state index contributed by atoms with van der Waals surface area (Å²) in [6.45, 7) is 0.552. The number of anilines is 1. The summed E-state index contributed by atoms with van der Waals surface area (Å²) in [6, 6.07) is 0.659. The molecule has 1 heterocycles. The fraction of sp³-hybridized carbons (Fsp3) is 0.481. The second-order valence-electron chi connectivity index (χ2n) is 9.63. The Labute approximate surface area is 240 Å². The van der Waals surface area contributed by atoms with Gasteiger partial charge in [-0.3, -0.25) is 9.80 Å². The first-order chi connectivity index (χ1) is 19.9. The minimum Gasteiger partial charge on any atom is -0.453 e. The maximum atomic E-state index is 13.7. The van der Waals surface area contributed by atoms with Crippen LogP contribution in [0.4, 0.5) is 54.8 Å². The van der Waals surface area contributed by atoms with Crippen LogP contribution in [0, 0.1) is 0 Å². The molecule has 0 bridgehead atoms. The van der Waals surface area contributed by atoms with Crippen molar-refractivity contribution < 1.29 is 63.3 Å². The lowest BCUT2D eigenvalue weighted by molar-refractivity contribution is -0.143. The second kappa shape index (κ2) is 12.9. The summed E-state index contributed by atoms with van der Waals surface area (Å²) in [6.07, 6.45) is -17.3. The second-order valence-corrected chi connectivity index (χ2v) is 9.63. The van der Waals surface area contributed by atoms with Gasteiger partial charge in [0.05, 0.1) is 54.8 Å². The maximum absolute atomic E-state index is 13.7. The minimum absolute atomic E-state index is 0.0280. The van der Waals surface area contributed by atoms with Crippen LogP contribution in [0.25, 0.3) is 0 Å². The number of rotatable bonds is 7. The average Bonchev–Trinajstić information content (AvgIpc) is 2.92. The van der Waals surface area contributed by atoms with Gasteiger partial charge in [0.2, 0.25) is 0 Å². The molecule has 2 amide bonds. The molecule has 7 nitrogen and oxygen atoms in total. The molecule has 1 aliphatic heterocycles. The van der Waals surface area contributed by atoms with Crippen molar-refractivity contribution in [2.45, 2.75) is 56.9 Å². The van der Waals surface area contributed by atoms with Crippen molar-refractivity contribution in [3.05, 3.63) is 64.2 Å². The molecule has 0 aliphatic carbocycles. The molecular formula is C27H27F9N2O5. The van der Waals surface area contributed by atoms with E-state index in [9.17, 15) is 49.1 Å². The standard InChI is InChI=1S/C27H27F9N2O5/c1-4-7-43-24(40)38-19(14-41-2)12-22(20-11-16(25(28,29)30)5-6-21(20)38)37(23(39)42-3)13-15-8-17(26(31,32)33)10-18(9-15)27(34,35)36/h5-6,8-11,19,22H,4,7,12-14H2,1-3H3/t19-,22-/m0/s1. The Bertz CT molecular complexity index is 1280. The van der Waals surface area contributed by atoms with Crippen LogP contribution in [-0.4, -0.2) is 50.6 Å². The van der Waals surface area contributed by atoms with Crippen LogP contribution in [-0.2, 0) is 39.3 Å². The monoisotopic (exact) mass is 630 g/mol. The van der Waals surface area contributed by atoms with Crippen LogP contribution < -0.4 is 4.90 Å². The third kappa shape index (κ3) is 7.83. The molecule has 0 radical (unpaired) electrons. The molecule has 2 aromatic rings. The highest BCUT2D eigenvalue weighted by Crippen LogP contribution is 2.45. The lowest BCUT2D eigenvalue weighted by atomic mass is 9.88. The summed E-state index contributed by atoms with van der Waals surface area (Å²) in [4.78, 5) is 27.8. The largest absolute Gasteiger partial charge is 0.453 e. The van der Waals surface area contributed by atoms with Gasteiger partial charge in [-0.25, -0.2) is 9.59 Å². The van der Waals surface area contributed by atoms with Crippen molar-refractivity contribution in [3.8, 4) is 0 Å². The molecule has 0 fully saturated rings. The maximum Gasteiger partial charge on any atom is 0.416 e. The lowest BCUT2D eigenvalue weighted by Crippen LogP contribution is -2.50. The van der Waals surface area contributed by atoms with Crippen LogP contribution in [0.3, 0.4) is 0 Å². The molecular weight excluding hydrogens is 603 g/mol. The zero-order chi connectivity index (χ0) is 32.3. The van der Waals surface area contributed by atoms with E-state index in [1.807, 2.05) is 0 Å². The Morgan fingerprint density at radius 2 is 1.47 bits per heavy atom. The first-order valence-corrected chi connectivity index (χ1v) is 12.7. The van der Waals surface area contributed by atoms with Gasteiger partial charge in [0.15, 0.2) is 0 Å². The quantitative estimate of drug-likeness (QED) is 0.292. The van der Waals surface area contributed by atoms with E-state index >= 15 is 0 Å². The number of carbonyl (C=O) groups is 2.